The van der Waals surface area contributed by atoms with E-state index in [2.05, 4.69) is 25.2 Å². The maximum atomic E-state index is 12.2. The van der Waals surface area contributed by atoms with E-state index in [0.717, 1.165) is 15.3 Å². The zero-order valence-corrected chi connectivity index (χ0v) is 19.9. The number of H-pyrrole nitrogens is 1. The summed E-state index contributed by atoms with van der Waals surface area (Å²) in [6.07, 6.45) is -0.598. The number of benzene rings is 2. The van der Waals surface area contributed by atoms with E-state index in [-0.39, 0.29) is 5.41 Å². The maximum Gasteiger partial charge on any atom is 0.413 e. The molecule has 0 aliphatic rings. The van der Waals surface area contributed by atoms with Crippen LogP contribution >= 0.6 is 11.8 Å². The van der Waals surface area contributed by atoms with Gasteiger partial charge in [0, 0.05) is 21.3 Å². The molecule has 34 heavy (non-hydrogen) atoms. The SMILES string of the molecule is COC(=O)Nc1nc2ccc(Sc3ccc(N(C(N)=O)c4cc(C(C)(C)C)on4)cc3)cc2[nH]1. The highest BCUT2D eigenvalue weighted by Gasteiger charge is 2.24. The van der Waals surface area contributed by atoms with Gasteiger partial charge in [-0.2, -0.15) is 0 Å². The predicted molar refractivity (Wildman–Crippen MR) is 130 cm³/mol. The lowest BCUT2D eigenvalue weighted by Crippen LogP contribution is -2.31. The summed E-state index contributed by atoms with van der Waals surface area (Å²) in [4.78, 5) is 34.1. The van der Waals surface area contributed by atoms with Crippen LogP contribution in [0.15, 0.2) is 62.8 Å². The summed E-state index contributed by atoms with van der Waals surface area (Å²) < 4.78 is 9.99. The van der Waals surface area contributed by atoms with Crippen LogP contribution < -0.4 is 16.0 Å². The number of nitrogens with zero attached hydrogens (tertiary/aromatic N) is 3. The zero-order chi connectivity index (χ0) is 24.5. The molecule has 0 aliphatic carbocycles. The summed E-state index contributed by atoms with van der Waals surface area (Å²) in [6.45, 7) is 5.99. The van der Waals surface area contributed by atoms with E-state index in [0.29, 0.717) is 28.7 Å². The number of hydrogen-bond donors (Lipinski definition) is 3. The van der Waals surface area contributed by atoms with Gasteiger partial charge in [-0.3, -0.25) is 5.32 Å². The summed E-state index contributed by atoms with van der Waals surface area (Å²) in [5.74, 6) is 1.29. The van der Waals surface area contributed by atoms with Gasteiger partial charge in [0.15, 0.2) is 5.82 Å². The molecule has 0 saturated carbocycles. The number of aromatic nitrogens is 3. The molecule has 4 N–H and O–H groups in total. The number of carbonyl (C=O) groups excluding carboxylic acids is 2. The highest BCUT2D eigenvalue weighted by atomic mass is 32.2. The van der Waals surface area contributed by atoms with E-state index in [9.17, 15) is 9.59 Å². The van der Waals surface area contributed by atoms with Crippen LogP contribution in [0.4, 0.5) is 27.0 Å². The molecule has 4 rings (SSSR count). The van der Waals surface area contributed by atoms with Crippen molar-refractivity contribution < 1.29 is 18.8 Å². The van der Waals surface area contributed by atoms with Crippen molar-refractivity contribution in [2.75, 3.05) is 17.3 Å². The Kier molecular flexibility index (Phi) is 6.20. The Morgan fingerprint density at radius 1 is 1.12 bits per heavy atom. The second kappa shape index (κ2) is 9.10. The van der Waals surface area contributed by atoms with Crippen LogP contribution in [0.5, 0.6) is 0 Å². The molecule has 11 heteroatoms. The standard InChI is InChI=1S/C23H24N6O4S/c1-23(2,3)18-12-19(28-33-18)29(20(24)30)13-5-7-14(8-6-13)34-15-9-10-16-17(11-15)26-21(25-16)27-22(31)32-4/h5-12H,1-4H3,(H2,24,30)(H2,25,26,27,31). The number of ether oxygens (including phenoxy) is 1. The minimum atomic E-state index is -0.657. The van der Waals surface area contributed by atoms with Crippen molar-refractivity contribution >= 4 is 52.4 Å². The molecule has 2 heterocycles. The molecule has 0 fully saturated rings. The van der Waals surface area contributed by atoms with Gasteiger partial charge < -0.3 is 20.0 Å². The van der Waals surface area contributed by atoms with Crippen LogP contribution in [0.3, 0.4) is 0 Å². The molecule has 0 radical (unpaired) electrons. The van der Waals surface area contributed by atoms with Crippen LogP contribution in [0, 0.1) is 0 Å². The Morgan fingerprint density at radius 3 is 2.44 bits per heavy atom. The number of anilines is 3. The zero-order valence-electron chi connectivity index (χ0n) is 19.1. The average molecular weight is 481 g/mol. The predicted octanol–water partition coefficient (Wildman–Crippen LogP) is 5.39. The Balaban J connectivity index is 1.52. The molecule has 0 bridgehead atoms. The van der Waals surface area contributed by atoms with Gasteiger partial charge in [-0.25, -0.2) is 19.5 Å². The summed E-state index contributed by atoms with van der Waals surface area (Å²) >= 11 is 1.53. The molecule has 10 nitrogen and oxygen atoms in total. The van der Waals surface area contributed by atoms with Gasteiger partial charge in [0.25, 0.3) is 0 Å². The number of amides is 3. The molecule has 0 atom stereocenters. The number of urea groups is 1. The third-order valence-electron chi connectivity index (χ3n) is 4.88. The number of methoxy groups -OCH3 is 1. The monoisotopic (exact) mass is 480 g/mol. The van der Waals surface area contributed by atoms with E-state index < -0.39 is 12.1 Å². The first-order valence-electron chi connectivity index (χ1n) is 10.3. The Hall–Kier alpha value is -3.99. The fraction of sp³-hybridized carbons (Fsp3) is 0.217. The average Bonchev–Trinajstić information content (AvgIpc) is 3.41. The first-order valence-corrected chi connectivity index (χ1v) is 11.1. The van der Waals surface area contributed by atoms with E-state index in [1.807, 2.05) is 51.1 Å². The second-order valence-corrected chi connectivity index (χ2v) is 9.60. The molecule has 0 aliphatic heterocycles. The molecule has 0 spiro atoms. The lowest BCUT2D eigenvalue weighted by molar-refractivity contribution is 0.186. The van der Waals surface area contributed by atoms with Crippen LogP contribution in [0.1, 0.15) is 26.5 Å². The highest BCUT2D eigenvalue weighted by molar-refractivity contribution is 7.99. The number of rotatable bonds is 5. The smallest absolute Gasteiger partial charge is 0.413 e. The van der Waals surface area contributed by atoms with Crippen molar-refractivity contribution in [3.8, 4) is 0 Å². The van der Waals surface area contributed by atoms with Crippen molar-refractivity contribution in [1.29, 1.82) is 0 Å². The van der Waals surface area contributed by atoms with Gasteiger partial charge in [0.2, 0.25) is 5.95 Å². The normalized spacial score (nSPS) is 11.4. The summed E-state index contributed by atoms with van der Waals surface area (Å²) in [6, 6.07) is 14.2. The van der Waals surface area contributed by atoms with Crippen LogP contribution in [0.25, 0.3) is 11.0 Å². The minimum absolute atomic E-state index is 0.249. The van der Waals surface area contributed by atoms with Gasteiger partial charge in [-0.05, 0) is 42.5 Å². The third kappa shape index (κ3) is 4.99. The van der Waals surface area contributed by atoms with Crippen molar-refractivity contribution in [2.24, 2.45) is 5.73 Å². The number of carbonyl (C=O) groups is 2. The second-order valence-electron chi connectivity index (χ2n) is 8.45. The molecule has 0 unspecified atom stereocenters. The van der Waals surface area contributed by atoms with Gasteiger partial charge >= 0.3 is 12.1 Å². The maximum absolute atomic E-state index is 12.2. The van der Waals surface area contributed by atoms with E-state index >= 15 is 0 Å². The fourth-order valence-electron chi connectivity index (χ4n) is 3.16. The van der Waals surface area contributed by atoms with Crippen LogP contribution in [-0.4, -0.2) is 34.4 Å². The molecular formula is C23H24N6O4S. The molecule has 2 aromatic heterocycles. The van der Waals surface area contributed by atoms with Crippen LogP contribution in [-0.2, 0) is 10.2 Å². The summed E-state index contributed by atoms with van der Waals surface area (Å²) in [5, 5.41) is 6.54. The number of nitrogens with two attached hydrogens (primary N) is 1. The van der Waals surface area contributed by atoms with Gasteiger partial charge in [0.05, 0.1) is 23.8 Å². The Labute approximate surface area is 199 Å². The first kappa shape index (κ1) is 23.2. The number of hydrogen-bond acceptors (Lipinski definition) is 7. The van der Waals surface area contributed by atoms with Crippen LogP contribution in [0.2, 0.25) is 0 Å². The van der Waals surface area contributed by atoms with Gasteiger partial charge in [-0.15, -0.1) is 0 Å². The minimum Gasteiger partial charge on any atom is -0.453 e. The van der Waals surface area contributed by atoms with Crippen molar-refractivity contribution in [1.82, 2.24) is 15.1 Å². The topological polar surface area (TPSA) is 139 Å². The lowest BCUT2D eigenvalue weighted by Gasteiger charge is -2.17. The van der Waals surface area contributed by atoms with Crippen molar-refractivity contribution in [3.63, 3.8) is 0 Å². The molecule has 3 amide bonds. The largest absolute Gasteiger partial charge is 0.453 e. The molecular weight excluding hydrogens is 456 g/mol. The summed E-state index contributed by atoms with van der Waals surface area (Å²) in [7, 11) is 1.29. The lowest BCUT2D eigenvalue weighted by atomic mass is 9.93. The molecule has 0 saturated heterocycles. The van der Waals surface area contributed by atoms with E-state index in [4.69, 9.17) is 10.3 Å². The number of fused-ring (bicyclic) bond motifs is 1. The molecule has 176 valence electrons. The van der Waals surface area contributed by atoms with Gasteiger partial charge in [0.1, 0.15) is 5.76 Å². The van der Waals surface area contributed by atoms with E-state index in [1.54, 1.807) is 18.2 Å². The summed E-state index contributed by atoms with van der Waals surface area (Å²) in [5.41, 5.74) is 7.44. The first-order chi connectivity index (χ1) is 16.1. The highest BCUT2D eigenvalue weighted by Crippen LogP contribution is 2.34. The van der Waals surface area contributed by atoms with Crippen molar-refractivity contribution in [3.05, 3.63) is 54.3 Å². The Bertz CT molecular complexity index is 1340. The molecule has 2 aromatic carbocycles. The van der Waals surface area contributed by atoms with Crippen molar-refractivity contribution in [2.45, 2.75) is 36.0 Å². The molecule has 4 aromatic rings. The number of imidazole rings is 1. The van der Waals surface area contributed by atoms with E-state index in [1.165, 1.54) is 23.8 Å². The quantitative estimate of drug-likeness (QED) is 0.348. The van der Waals surface area contributed by atoms with Gasteiger partial charge in [-0.1, -0.05) is 37.7 Å². The fourth-order valence-corrected chi connectivity index (χ4v) is 4.01. The number of aromatic amines is 1. The Morgan fingerprint density at radius 2 is 1.82 bits per heavy atom. The number of nitrogens with one attached hydrogen (secondary N) is 2. The number of primary amides is 1. The third-order valence-corrected chi connectivity index (χ3v) is 5.87.